The van der Waals surface area contributed by atoms with Gasteiger partial charge in [0.25, 0.3) is 0 Å². The van der Waals surface area contributed by atoms with E-state index in [-0.39, 0.29) is 24.6 Å². The van der Waals surface area contributed by atoms with E-state index in [0.29, 0.717) is 6.54 Å². The highest BCUT2D eigenvalue weighted by Crippen LogP contribution is 2.17. The van der Waals surface area contributed by atoms with Crippen LogP contribution in [0.2, 0.25) is 0 Å². The Bertz CT molecular complexity index is 250. The van der Waals surface area contributed by atoms with Crippen LogP contribution in [0.4, 0.5) is 4.79 Å². The molecule has 1 aliphatic carbocycles. The molecule has 1 rings (SSSR count). The third kappa shape index (κ3) is 3.72. The zero-order chi connectivity index (χ0) is 12.0. The lowest BCUT2D eigenvalue weighted by molar-refractivity contribution is -0.141. The summed E-state index contributed by atoms with van der Waals surface area (Å²) in [7, 11) is 1.32. The van der Waals surface area contributed by atoms with Crippen LogP contribution in [0.3, 0.4) is 0 Å². The van der Waals surface area contributed by atoms with E-state index in [1.54, 1.807) is 0 Å². The number of hydrogen-bond acceptors (Lipinski definition) is 3. The maximum atomic E-state index is 11.8. The molecule has 5 heteroatoms. The van der Waals surface area contributed by atoms with Gasteiger partial charge in [0.2, 0.25) is 0 Å². The summed E-state index contributed by atoms with van der Waals surface area (Å²) in [5, 5.41) is 2.94. The average Bonchev–Trinajstić information content (AvgIpc) is 2.77. The van der Waals surface area contributed by atoms with Crippen LogP contribution in [-0.2, 0) is 9.53 Å². The van der Waals surface area contributed by atoms with Gasteiger partial charge in [0.05, 0.1) is 7.11 Å². The van der Waals surface area contributed by atoms with Crippen molar-refractivity contribution in [1.29, 1.82) is 0 Å². The molecule has 0 aromatic rings. The second kappa shape index (κ2) is 6.35. The summed E-state index contributed by atoms with van der Waals surface area (Å²) in [6, 6.07) is 0.110. The van der Waals surface area contributed by atoms with Crippen molar-refractivity contribution in [2.75, 3.05) is 20.2 Å². The van der Waals surface area contributed by atoms with Gasteiger partial charge >= 0.3 is 12.0 Å². The molecule has 1 aliphatic rings. The first kappa shape index (κ1) is 12.8. The third-order valence-corrected chi connectivity index (χ3v) is 2.90. The number of amides is 2. The standard InChI is InChI=1S/C11H20N2O3/c1-3-13(8-10(14)16-2)11(15)12-9-6-4-5-7-9/h9H,3-8H2,1-2H3,(H,12,15). The van der Waals surface area contributed by atoms with Crippen molar-refractivity contribution in [2.24, 2.45) is 0 Å². The van der Waals surface area contributed by atoms with E-state index < -0.39 is 0 Å². The Morgan fingerprint density at radius 1 is 1.38 bits per heavy atom. The highest BCUT2D eigenvalue weighted by Gasteiger charge is 2.21. The molecule has 0 aromatic heterocycles. The fourth-order valence-electron chi connectivity index (χ4n) is 1.88. The second-order valence-corrected chi connectivity index (χ2v) is 4.02. The van der Waals surface area contributed by atoms with Gasteiger partial charge < -0.3 is 15.0 Å². The molecule has 16 heavy (non-hydrogen) atoms. The van der Waals surface area contributed by atoms with Crippen LogP contribution in [0.15, 0.2) is 0 Å². The minimum Gasteiger partial charge on any atom is -0.468 e. The molecule has 0 heterocycles. The molecule has 2 amide bonds. The lowest BCUT2D eigenvalue weighted by atomic mass is 10.2. The van der Waals surface area contributed by atoms with Gasteiger partial charge in [-0.2, -0.15) is 0 Å². The zero-order valence-corrected chi connectivity index (χ0v) is 9.99. The molecule has 0 bridgehead atoms. The van der Waals surface area contributed by atoms with Crippen molar-refractivity contribution in [3.05, 3.63) is 0 Å². The van der Waals surface area contributed by atoms with E-state index in [9.17, 15) is 9.59 Å². The zero-order valence-electron chi connectivity index (χ0n) is 9.99. The molecule has 0 radical (unpaired) electrons. The number of likely N-dealkylation sites (N-methyl/N-ethyl adjacent to an activating group) is 1. The molecule has 0 saturated heterocycles. The van der Waals surface area contributed by atoms with Gasteiger partial charge in [-0.25, -0.2) is 4.79 Å². The predicted molar refractivity (Wildman–Crippen MR) is 60.1 cm³/mol. The summed E-state index contributed by atoms with van der Waals surface area (Å²) < 4.78 is 4.54. The first-order valence-corrected chi connectivity index (χ1v) is 5.79. The quantitative estimate of drug-likeness (QED) is 0.734. The van der Waals surface area contributed by atoms with Gasteiger partial charge in [0, 0.05) is 12.6 Å². The molecular formula is C11H20N2O3. The van der Waals surface area contributed by atoms with Gasteiger partial charge in [-0.3, -0.25) is 4.79 Å². The number of hydrogen-bond donors (Lipinski definition) is 1. The van der Waals surface area contributed by atoms with E-state index >= 15 is 0 Å². The second-order valence-electron chi connectivity index (χ2n) is 4.02. The molecule has 1 N–H and O–H groups in total. The third-order valence-electron chi connectivity index (χ3n) is 2.90. The van der Waals surface area contributed by atoms with E-state index in [2.05, 4.69) is 10.1 Å². The van der Waals surface area contributed by atoms with Crippen LogP contribution in [0.25, 0.3) is 0 Å². The summed E-state index contributed by atoms with van der Waals surface area (Å²) in [5.74, 6) is -0.386. The number of carbonyl (C=O) groups is 2. The predicted octanol–water partition coefficient (Wildman–Crippen LogP) is 1.13. The molecule has 0 atom stereocenters. The van der Waals surface area contributed by atoms with Gasteiger partial charge in [-0.1, -0.05) is 12.8 Å². The molecule has 1 fully saturated rings. The van der Waals surface area contributed by atoms with Gasteiger partial charge in [0.15, 0.2) is 0 Å². The summed E-state index contributed by atoms with van der Waals surface area (Å²) in [6.07, 6.45) is 4.44. The Morgan fingerprint density at radius 3 is 2.50 bits per heavy atom. The Kier molecular flexibility index (Phi) is 5.08. The molecule has 92 valence electrons. The minimum atomic E-state index is -0.386. The maximum absolute atomic E-state index is 11.8. The summed E-state index contributed by atoms with van der Waals surface area (Å²) in [5.41, 5.74) is 0. The Hall–Kier alpha value is -1.26. The fraction of sp³-hybridized carbons (Fsp3) is 0.818. The first-order valence-electron chi connectivity index (χ1n) is 5.79. The van der Waals surface area contributed by atoms with Crippen LogP contribution >= 0.6 is 0 Å². The summed E-state index contributed by atoms with van der Waals surface area (Å²) in [6.45, 7) is 2.37. The topological polar surface area (TPSA) is 58.6 Å². The van der Waals surface area contributed by atoms with Crippen LogP contribution in [-0.4, -0.2) is 43.1 Å². The maximum Gasteiger partial charge on any atom is 0.325 e. The minimum absolute atomic E-state index is 0.0194. The van der Waals surface area contributed by atoms with Crippen LogP contribution in [0, 0.1) is 0 Å². The van der Waals surface area contributed by atoms with Crippen molar-refractivity contribution in [3.63, 3.8) is 0 Å². The number of rotatable bonds is 4. The highest BCUT2D eigenvalue weighted by atomic mass is 16.5. The van der Waals surface area contributed by atoms with E-state index in [1.807, 2.05) is 6.92 Å². The largest absolute Gasteiger partial charge is 0.468 e. The smallest absolute Gasteiger partial charge is 0.325 e. The van der Waals surface area contributed by atoms with E-state index in [0.717, 1.165) is 12.8 Å². The lowest BCUT2D eigenvalue weighted by Gasteiger charge is -2.22. The molecule has 0 aliphatic heterocycles. The molecule has 0 spiro atoms. The molecule has 5 nitrogen and oxygen atoms in total. The van der Waals surface area contributed by atoms with E-state index in [4.69, 9.17) is 0 Å². The van der Waals surface area contributed by atoms with Gasteiger partial charge in [-0.05, 0) is 19.8 Å². The van der Waals surface area contributed by atoms with Crippen molar-refractivity contribution in [1.82, 2.24) is 10.2 Å². The van der Waals surface area contributed by atoms with Crippen molar-refractivity contribution in [3.8, 4) is 0 Å². The molecular weight excluding hydrogens is 208 g/mol. The van der Waals surface area contributed by atoms with Crippen LogP contribution < -0.4 is 5.32 Å². The number of nitrogens with one attached hydrogen (secondary N) is 1. The lowest BCUT2D eigenvalue weighted by Crippen LogP contribution is -2.46. The Labute approximate surface area is 96.1 Å². The summed E-state index contributed by atoms with van der Waals surface area (Å²) >= 11 is 0. The molecule has 0 unspecified atom stereocenters. The van der Waals surface area contributed by atoms with Crippen molar-refractivity contribution < 1.29 is 14.3 Å². The number of ether oxygens (including phenoxy) is 1. The van der Waals surface area contributed by atoms with Crippen LogP contribution in [0.1, 0.15) is 32.6 Å². The molecule has 1 saturated carbocycles. The van der Waals surface area contributed by atoms with Gasteiger partial charge in [-0.15, -0.1) is 0 Å². The number of urea groups is 1. The number of nitrogens with zero attached hydrogens (tertiary/aromatic N) is 1. The first-order chi connectivity index (χ1) is 7.67. The monoisotopic (exact) mass is 228 g/mol. The van der Waals surface area contributed by atoms with E-state index in [1.165, 1.54) is 24.9 Å². The number of methoxy groups -OCH3 is 1. The SMILES string of the molecule is CCN(CC(=O)OC)C(=O)NC1CCCC1. The Balaban J connectivity index is 2.38. The Morgan fingerprint density at radius 2 is 2.00 bits per heavy atom. The number of esters is 1. The highest BCUT2D eigenvalue weighted by molar-refractivity contribution is 5.81. The van der Waals surface area contributed by atoms with Crippen molar-refractivity contribution >= 4 is 12.0 Å². The van der Waals surface area contributed by atoms with Crippen LogP contribution in [0.5, 0.6) is 0 Å². The fourth-order valence-corrected chi connectivity index (χ4v) is 1.88. The summed E-state index contributed by atoms with van der Waals surface area (Å²) in [4.78, 5) is 24.3. The average molecular weight is 228 g/mol. The number of carbonyl (C=O) groups excluding carboxylic acids is 2. The van der Waals surface area contributed by atoms with Crippen molar-refractivity contribution in [2.45, 2.75) is 38.6 Å². The van der Waals surface area contributed by atoms with Gasteiger partial charge in [0.1, 0.15) is 6.54 Å². The normalized spacial score (nSPS) is 15.9. The molecule has 0 aromatic carbocycles.